The van der Waals surface area contributed by atoms with Gasteiger partial charge in [0, 0.05) is 34.1 Å². The molecule has 1 aromatic carbocycles. The zero-order valence-corrected chi connectivity index (χ0v) is 15.1. The molecule has 0 aliphatic rings. The van der Waals surface area contributed by atoms with Crippen LogP contribution in [0.25, 0.3) is 0 Å². The molecule has 0 atom stereocenters. The van der Waals surface area contributed by atoms with Crippen molar-refractivity contribution in [1.29, 1.82) is 0 Å². The number of hydrogen-bond acceptors (Lipinski definition) is 3. The highest BCUT2D eigenvalue weighted by Gasteiger charge is 2.33. The number of carbonyl (C=O) groups is 1. The van der Waals surface area contributed by atoms with Crippen LogP contribution >= 0.6 is 23.2 Å². The maximum absolute atomic E-state index is 12.5. The van der Waals surface area contributed by atoms with Gasteiger partial charge in [0.2, 0.25) is 5.91 Å². The smallest absolute Gasteiger partial charge is 0.308 e. The normalized spacial score (nSPS) is 11.6. The molecule has 0 saturated carbocycles. The van der Waals surface area contributed by atoms with E-state index in [1.54, 1.807) is 30.5 Å². The van der Waals surface area contributed by atoms with Crippen LogP contribution in [-0.4, -0.2) is 25.5 Å². The van der Waals surface area contributed by atoms with Gasteiger partial charge in [0.1, 0.15) is 6.54 Å². The Bertz CT molecular complexity index is 947. The van der Waals surface area contributed by atoms with E-state index in [1.165, 1.54) is 4.68 Å². The van der Waals surface area contributed by atoms with Gasteiger partial charge in [0.15, 0.2) is 11.5 Å². The highest BCUT2D eigenvalue weighted by Crippen LogP contribution is 2.27. The Morgan fingerprint density at radius 1 is 1.04 bits per heavy atom. The second-order valence-corrected chi connectivity index (χ2v) is 6.36. The summed E-state index contributed by atoms with van der Waals surface area (Å²) in [6, 6.07) is 7.48. The first kappa shape index (κ1) is 19.2. The predicted octanol–water partition coefficient (Wildman–Crippen LogP) is 4.09. The molecule has 0 spiro atoms. The molecule has 0 unspecified atom stereocenters. The first-order valence-corrected chi connectivity index (χ1v) is 8.35. The Morgan fingerprint density at radius 3 is 2.33 bits per heavy atom. The summed E-state index contributed by atoms with van der Waals surface area (Å²) in [5.41, 5.74) is -0.380. The Kier molecular flexibility index (Phi) is 5.43. The molecule has 0 radical (unpaired) electrons. The Hall–Kier alpha value is -2.52. The van der Waals surface area contributed by atoms with Gasteiger partial charge in [-0.2, -0.15) is 23.4 Å². The van der Waals surface area contributed by atoms with Gasteiger partial charge in [-0.25, -0.2) is 0 Å². The van der Waals surface area contributed by atoms with Gasteiger partial charge in [-0.1, -0.05) is 29.3 Å². The molecule has 1 N–H and O–H groups in total. The summed E-state index contributed by atoms with van der Waals surface area (Å²) in [6.45, 7) is -0.0816. The quantitative estimate of drug-likeness (QED) is 0.679. The summed E-state index contributed by atoms with van der Waals surface area (Å²) in [6.07, 6.45) is -1.86. The molecule has 2 heterocycles. The molecular formula is C16H12Cl2F3N5O. The molecule has 0 aliphatic carbocycles. The Labute approximate surface area is 161 Å². The summed E-state index contributed by atoms with van der Waals surface area (Å²) in [4.78, 5) is 12.0. The van der Waals surface area contributed by atoms with Crippen LogP contribution in [-0.2, 0) is 24.1 Å². The average molecular weight is 418 g/mol. The molecule has 3 rings (SSSR count). The number of benzene rings is 1. The van der Waals surface area contributed by atoms with Gasteiger partial charge >= 0.3 is 6.18 Å². The van der Waals surface area contributed by atoms with E-state index in [0.29, 0.717) is 22.2 Å². The number of hydrogen-bond donors (Lipinski definition) is 1. The average Bonchev–Trinajstić information content (AvgIpc) is 3.20. The number of amides is 1. The van der Waals surface area contributed by atoms with Crippen molar-refractivity contribution in [2.45, 2.75) is 19.3 Å². The maximum atomic E-state index is 12.5. The van der Waals surface area contributed by atoms with Gasteiger partial charge < -0.3 is 5.32 Å². The van der Waals surface area contributed by atoms with E-state index in [1.807, 2.05) is 0 Å². The number of aromatic nitrogens is 4. The first-order valence-electron chi connectivity index (χ1n) is 7.59. The number of carbonyl (C=O) groups excluding carboxylic acids is 1. The standard InChI is InChI=1S/C16H12Cl2F3N5O/c17-11-2-1-3-12(18)10(11)8-25-7-5-14(24-25)22-15(27)9-26-6-4-13(23-26)16(19,20)21/h1-7H,8-9H2,(H,22,24,27). The minimum Gasteiger partial charge on any atom is -0.308 e. The second-order valence-electron chi connectivity index (χ2n) is 5.54. The molecular weight excluding hydrogens is 406 g/mol. The molecule has 27 heavy (non-hydrogen) atoms. The zero-order chi connectivity index (χ0) is 19.6. The Balaban J connectivity index is 1.62. The molecule has 6 nitrogen and oxygen atoms in total. The molecule has 142 valence electrons. The molecule has 0 fully saturated rings. The third-order valence-corrected chi connectivity index (χ3v) is 4.23. The second kappa shape index (κ2) is 7.61. The van der Waals surface area contributed by atoms with Gasteiger partial charge in [0.05, 0.1) is 6.54 Å². The SMILES string of the molecule is O=C(Cn1ccc(C(F)(F)F)n1)Nc1ccn(Cc2c(Cl)cccc2Cl)n1. The number of alkyl halides is 3. The lowest BCUT2D eigenvalue weighted by atomic mass is 10.2. The minimum atomic E-state index is -4.56. The van der Waals surface area contributed by atoms with Crippen molar-refractivity contribution in [3.05, 3.63) is 64.0 Å². The largest absolute Gasteiger partial charge is 0.435 e. The Morgan fingerprint density at radius 2 is 1.70 bits per heavy atom. The van der Waals surface area contributed by atoms with Crippen molar-refractivity contribution in [2.75, 3.05) is 5.32 Å². The van der Waals surface area contributed by atoms with E-state index in [9.17, 15) is 18.0 Å². The van der Waals surface area contributed by atoms with Crippen LogP contribution in [0, 0.1) is 0 Å². The highest BCUT2D eigenvalue weighted by atomic mass is 35.5. The lowest BCUT2D eigenvalue weighted by molar-refractivity contribution is -0.141. The topological polar surface area (TPSA) is 64.7 Å². The fourth-order valence-electron chi connectivity index (χ4n) is 2.29. The highest BCUT2D eigenvalue weighted by molar-refractivity contribution is 6.35. The van der Waals surface area contributed by atoms with E-state index in [0.717, 1.165) is 16.9 Å². The molecule has 0 saturated heterocycles. The monoisotopic (exact) mass is 417 g/mol. The van der Waals surface area contributed by atoms with Crippen molar-refractivity contribution < 1.29 is 18.0 Å². The van der Waals surface area contributed by atoms with Gasteiger partial charge in [0.25, 0.3) is 0 Å². The van der Waals surface area contributed by atoms with Crippen LogP contribution in [0.2, 0.25) is 10.0 Å². The van der Waals surface area contributed by atoms with Crippen LogP contribution in [0.1, 0.15) is 11.3 Å². The number of anilines is 1. The lowest BCUT2D eigenvalue weighted by Crippen LogP contribution is -2.20. The van der Waals surface area contributed by atoms with E-state index in [2.05, 4.69) is 15.5 Å². The van der Waals surface area contributed by atoms with Crippen LogP contribution in [0.4, 0.5) is 19.0 Å². The summed E-state index contributed by atoms with van der Waals surface area (Å²) in [5, 5.41) is 11.0. The molecule has 0 aliphatic heterocycles. The summed E-state index contributed by atoms with van der Waals surface area (Å²) < 4.78 is 40.0. The van der Waals surface area contributed by atoms with Crippen molar-refractivity contribution in [3.63, 3.8) is 0 Å². The molecule has 3 aromatic rings. The minimum absolute atomic E-state index is 0.242. The number of nitrogens with one attached hydrogen (secondary N) is 1. The van der Waals surface area contributed by atoms with Crippen LogP contribution < -0.4 is 5.32 Å². The lowest BCUT2D eigenvalue weighted by Gasteiger charge is -2.07. The van der Waals surface area contributed by atoms with Crippen LogP contribution in [0.15, 0.2) is 42.7 Å². The molecule has 1 amide bonds. The van der Waals surface area contributed by atoms with Crippen LogP contribution in [0.5, 0.6) is 0 Å². The number of halogens is 5. The van der Waals surface area contributed by atoms with Crippen molar-refractivity contribution >= 4 is 34.9 Å². The van der Waals surface area contributed by atoms with E-state index in [-0.39, 0.29) is 12.4 Å². The molecule has 11 heteroatoms. The summed E-state index contributed by atoms with van der Waals surface area (Å²) >= 11 is 12.2. The van der Waals surface area contributed by atoms with Crippen LogP contribution in [0.3, 0.4) is 0 Å². The van der Waals surface area contributed by atoms with Crippen molar-refractivity contribution in [2.24, 2.45) is 0 Å². The first-order chi connectivity index (χ1) is 12.7. The third kappa shape index (κ3) is 4.81. The molecule has 0 bridgehead atoms. The van der Waals surface area contributed by atoms with Gasteiger partial charge in [-0.15, -0.1) is 0 Å². The zero-order valence-electron chi connectivity index (χ0n) is 13.5. The fourth-order valence-corrected chi connectivity index (χ4v) is 2.81. The van der Waals surface area contributed by atoms with E-state index < -0.39 is 17.8 Å². The van der Waals surface area contributed by atoms with Crippen molar-refractivity contribution in [1.82, 2.24) is 19.6 Å². The number of nitrogens with zero attached hydrogens (tertiary/aromatic N) is 4. The number of rotatable bonds is 5. The maximum Gasteiger partial charge on any atom is 0.435 e. The summed E-state index contributed by atoms with van der Waals surface area (Å²) in [5.74, 6) is -0.320. The fraction of sp³-hybridized carbons (Fsp3) is 0.188. The van der Waals surface area contributed by atoms with Crippen molar-refractivity contribution in [3.8, 4) is 0 Å². The van der Waals surface area contributed by atoms with E-state index >= 15 is 0 Å². The molecule has 2 aromatic heterocycles. The van der Waals surface area contributed by atoms with Gasteiger partial charge in [-0.05, 0) is 18.2 Å². The third-order valence-electron chi connectivity index (χ3n) is 3.53. The van der Waals surface area contributed by atoms with Gasteiger partial charge in [-0.3, -0.25) is 14.2 Å². The summed E-state index contributed by atoms with van der Waals surface area (Å²) in [7, 11) is 0. The predicted molar refractivity (Wildman–Crippen MR) is 93.6 cm³/mol. The van der Waals surface area contributed by atoms with E-state index in [4.69, 9.17) is 23.2 Å².